The molecule has 5 heteroatoms. The Kier molecular flexibility index (Phi) is 3.93. The van der Waals surface area contributed by atoms with Gasteiger partial charge in [0.2, 0.25) is 0 Å². The highest BCUT2D eigenvalue weighted by Crippen LogP contribution is 2.13. The Labute approximate surface area is 133 Å². The standard InChI is InChI=1S/C18H17N3O2/c1-12-7-3-4-8-13(12)11-19-17(22)16-14-9-5-6-10-15(14)18(23)21(2)20-16/h3-10H,11H2,1-2H3,(H,19,22). The van der Waals surface area contributed by atoms with Crippen LogP contribution in [0.3, 0.4) is 0 Å². The Balaban J connectivity index is 1.94. The molecule has 116 valence electrons. The Bertz CT molecular complexity index is 944. The number of nitrogens with one attached hydrogen (secondary N) is 1. The molecule has 0 spiro atoms. The summed E-state index contributed by atoms with van der Waals surface area (Å²) >= 11 is 0. The van der Waals surface area contributed by atoms with E-state index < -0.39 is 0 Å². The molecule has 3 rings (SSSR count). The highest BCUT2D eigenvalue weighted by atomic mass is 16.2. The van der Waals surface area contributed by atoms with E-state index in [2.05, 4.69) is 10.4 Å². The molecule has 0 unspecified atom stereocenters. The molecule has 0 saturated heterocycles. The Morgan fingerprint density at radius 3 is 2.48 bits per heavy atom. The Morgan fingerprint density at radius 1 is 1.09 bits per heavy atom. The molecule has 23 heavy (non-hydrogen) atoms. The van der Waals surface area contributed by atoms with E-state index in [1.165, 1.54) is 4.68 Å². The number of amides is 1. The normalized spacial score (nSPS) is 10.7. The first-order valence-electron chi connectivity index (χ1n) is 7.36. The van der Waals surface area contributed by atoms with Crippen LogP contribution in [-0.4, -0.2) is 15.7 Å². The second-order valence-corrected chi connectivity index (χ2v) is 5.43. The number of aryl methyl sites for hydroxylation is 2. The fourth-order valence-electron chi connectivity index (χ4n) is 2.54. The zero-order valence-electron chi connectivity index (χ0n) is 13.0. The number of hydrogen-bond acceptors (Lipinski definition) is 3. The van der Waals surface area contributed by atoms with E-state index in [1.54, 1.807) is 31.3 Å². The Morgan fingerprint density at radius 2 is 1.74 bits per heavy atom. The van der Waals surface area contributed by atoms with Gasteiger partial charge in [-0.1, -0.05) is 42.5 Å². The van der Waals surface area contributed by atoms with E-state index in [4.69, 9.17) is 0 Å². The molecule has 1 amide bonds. The number of nitrogens with zero attached hydrogens (tertiary/aromatic N) is 2. The zero-order valence-corrected chi connectivity index (χ0v) is 13.0. The van der Waals surface area contributed by atoms with E-state index in [1.807, 2.05) is 31.2 Å². The second kappa shape index (κ2) is 6.04. The minimum atomic E-state index is -0.292. The fourth-order valence-corrected chi connectivity index (χ4v) is 2.54. The molecular weight excluding hydrogens is 290 g/mol. The summed E-state index contributed by atoms with van der Waals surface area (Å²) in [6.45, 7) is 2.42. The molecule has 3 aromatic rings. The third-order valence-electron chi connectivity index (χ3n) is 3.87. The number of benzene rings is 2. The summed E-state index contributed by atoms with van der Waals surface area (Å²) in [6, 6.07) is 14.9. The number of carbonyl (C=O) groups excluding carboxylic acids is 1. The molecule has 1 N–H and O–H groups in total. The highest BCUT2D eigenvalue weighted by Gasteiger charge is 2.15. The van der Waals surface area contributed by atoms with Crippen molar-refractivity contribution in [3.8, 4) is 0 Å². The van der Waals surface area contributed by atoms with Gasteiger partial charge >= 0.3 is 0 Å². The van der Waals surface area contributed by atoms with Gasteiger partial charge in [0.15, 0.2) is 5.69 Å². The van der Waals surface area contributed by atoms with Gasteiger partial charge in [-0.05, 0) is 24.1 Å². The van der Waals surface area contributed by atoms with Crippen LogP contribution in [0.1, 0.15) is 21.6 Å². The molecule has 5 nitrogen and oxygen atoms in total. The van der Waals surface area contributed by atoms with Gasteiger partial charge in [0.25, 0.3) is 11.5 Å². The molecule has 0 fully saturated rings. The second-order valence-electron chi connectivity index (χ2n) is 5.43. The van der Waals surface area contributed by atoms with Crippen molar-refractivity contribution in [2.24, 2.45) is 7.05 Å². The smallest absolute Gasteiger partial charge is 0.274 e. The van der Waals surface area contributed by atoms with E-state index >= 15 is 0 Å². The van der Waals surface area contributed by atoms with Crippen LogP contribution in [0.25, 0.3) is 10.8 Å². The number of aromatic nitrogens is 2. The number of carbonyl (C=O) groups is 1. The van der Waals surface area contributed by atoms with Crippen molar-refractivity contribution in [2.45, 2.75) is 13.5 Å². The van der Waals surface area contributed by atoms with E-state index in [0.717, 1.165) is 11.1 Å². The zero-order chi connectivity index (χ0) is 16.4. The summed E-state index contributed by atoms with van der Waals surface area (Å²) in [6.07, 6.45) is 0. The number of rotatable bonds is 3. The largest absolute Gasteiger partial charge is 0.347 e. The van der Waals surface area contributed by atoms with Crippen molar-refractivity contribution in [3.05, 3.63) is 75.7 Å². The Hall–Kier alpha value is -2.95. The summed E-state index contributed by atoms with van der Waals surface area (Å²) < 4.78 is 1.20. The van der Waals surface area contributed by atoms with Gasteiger partial charge < -0.3 is 5.32 Å². The first kappa shape index (κ1) is 15.0. The minimum absolute atomic E-state index is 0.212. The summed E-state index contributed by atoms with van der Waals surface area (Å²) in [5.41, 5.74) is 2.22. The van der Waals surface area contributed by atoms with Gasteiger partial charge in [-0.2, -0.15) is 5.10 Å². The summed E-state index contributed by atoms with van der Waals surface area (Å²) in [4.78, 5) is 24.6. The summed E-state index contributed by atoms with van der Waals surface area (Å²) in [5.74, 6) is -0.292. The maximum atomic E-state index is 12.5. The molecule has 0 aliphatic rings. The SMILES string of the molecule is Cc1ccccc1CNC(=O)c1nn(C)c(=O)c2ccccc12. The van der Waals surface area contributed by atoms with Crippen LogP contribution in [0.4, 0.5) is 0 Å². The van der Waals surface area contributed by atoms with E-state index in [9.17, 15) is 9.59 Å². The van der Waals surface area contributed by atoms with Crippen molar-refractivity contribution in [3.63, 3.8) is 0 Å². The third kappa shape index (κ3) is 2.85. The maximum absolute atomic E-state index is 12.5. The van der Waals surface area contributed by atoms with Crippen molar-refractivity contribution in [2.75, 3.05) is 0 Å². The average Bonchev–Trinajstić information content (AvgIpc) is 2.57. The van der Waals surface area contributed by atoms with Crippen LogP contribution in [0.5, 0.6) is 0 Å². The van der Waals surface area contributed by atoms with Crippen molar-refractivity contribution in [1.29, 1.82) is 0 Å². The van der Waals surface area contributed by atoms with E-state index in [-0.39, 0.29) is 17.2 Å². The van der Waals surface area contributed by atoms with Crippen LogP contribution in [0.15, 0.2) is 53.3 Å². The molecule has 0 saturated carbocycles. The average molecular weight is 307 g/mol. The molecule has 0 bridgehead atoms. The molecule has 2 aromatic carbocycles. The quantitative estimate of drug-likeness (QED) is 0.806. The van der Waals surface area contributed by atoms with Crippen molar-refractivity contribution in [1.82, 2.24) is 15.1 Å². The number of hydrogen-bond donors (Lipinski definition) is 1. The van der Waals surface area contributed by atoms with Gasteiger partial charge in [0.05, 0.1) is 5.39 Å². The van der Waals surface area contributed by atoms with Crippen LogP contribution in [-0.2, 0) is 13.6 Å². The minimum Gasteiger partial charge on any atom is -0.347 e. The molecule has 1 aromatic heterocycles. The topological polar surface area (TPSA) is 64.0 Å². The lowest BCUT2D eigenvalue weighted by Gasteiger charge is -2.10. The first-order valence-corrected chi connectivity index (χ1v) is 7.36. The molecular formula is C18H17N3O2. The molecule has 0 aliphatic heterocycles. The van der Waals surface area contributed by atoms with Crippen LogP contribution < -0.4 is 10.9 Å². The molecule has 0 atom stereocenters. The van der Waals surface area contributed by atoms with E-state index in [0.29, 0.717) is 17.3 Å². The highest BCUT2D eigenvalue weighted by molar-refractivity contribution is 6.04. The van der Waals surface area contributed by atoms with Gasteiger partial charge in [-0.3, -0.25) is 9.59 Å². The van der Waals surface area contributed by atoms with Crippen LogP contribution in [0, 0.1) is 6.92 Å². The van der Waals surface area contributed by atoms with Crippen LogP contribution in [0.2, 0.25) is 0 Å². The lowest BCUT2D eigenvalue weighted by atomic mass is 10.1. The lowest BCUT2D eigenvalue weighted by molar-refractivity contribution is 0.0945. The lowest BCUT2D eigenvalue weighted by Crippen LogP contribution is -2.29. The fraction of sp³-hybridized carbons (Fsp3) is 0.167. The monoisotopic (exact) mass is 307 g/mol. The van der Waals surface area contributed by atoms with Crippen molar-refractivity contribution < 1.29 is 4.79 Å². The summed E-state index contributed by atoms with van der Waals surface area (Å²) in [7, 11) is 1.55. The van der Waals surface area contributed by atoms with Crippen molar-refractivity contribution >= 4 is 16.7 Å². The summed E-state index contributed by atoms with van der Waals surface area (Å²) in [5, 5.41) is 8.06. The van der Waals surface area contributed by atoms with Crippen LogP contribution >= 0.6 is 0 Å². The predicted molar refractivity (Wildman–Crippen MR) is 89.3 cm³/mol. The van der Waals surface area contributed by atoms with Gasteiger partial charge in [-0.15, -0.1) is 0 Å². The first-order chi connectivity index (χ1) is 11.1. The van der Waals surface area contributed by atoms with Gasteiger partial charge in [0.1, 0.15) is 0 Å². The van der Waals surface area contributed by atoms with Gasteiger partial charge in [0, 0.05) is 19.0 Å². The predicted octanol–water partition coefficient (Wildman–Crippen LogP) is 2.17. The van der Waals surface area contributed by atoms with Gasteiger partial charge in [-0.25, -0.2) is 4.68 Å². The molecule has 0 aliphatic carbocycles. The molecule has 0 radical (unpaired) electrons. The third-order valence-corrected chi connectivity index (χ3v) is 3.87. The maximum Gasteiger partial charge on any atom is 0.274 e. The number of fused-ring (bicyclic) bond motifs is 1. The molecule has 1 heterocycles.